The van der Waals surface area contributed by atoms with Gasteiger partial charge in [0.25, 0.3) is 5.79 Å². The van der Waals surface area contributed by atoms with Gasteiger partial charge in [-0.15, -0.1) is 0 Å². The molecule has 1 aliphatic heterocycles. The van der Waals surface area contributed by atoms with Crippen LogP contribution in [0.3, 0.4) is 0 Å². The van der Waals surface area contributed by atoms with Crippen LogP contribution in [-0.4, -0.2) is 24.3 Å². The molecule has 0 N–H and O–H groups in total. The average molecular weight is 316 g/mol. The topological polar surface area (TPSA) is 61.8 Å². The van der Waals surface area contributed by atoms with Crippen LogP contribution in [0.2, 0.25) is 0 Å². The lowest BCUT2D eigenvalue weighted by Crippen LogP contribution is -2.47. The van der Waals surface area contributed by atoms with E-state index >= 15 is 0 Å². The summed E-state index contributed by atoms with van der Waals surface area (Å²) in [7, 11) is 0. The third kappa shape index (κ3) is 3.38. The molecule has 0 bridgehead atoms. The molecule has 1 saturated heterocycles. The quantitative estimate of drug-likeness (QED) is 0.487. The fourth-order valence-corrected chi connectivity index (χ4v) is 2.96. The van der Waals surface area contributed by atoms with Crippen molar-refractivity contribution in [3.8, 4) is 5.75 Å². The summed E-state index contributed by atoms with van der Waals surface area (Å²) in [5.41, 5.74) is 0.655. The smallest absolute Gasteiger partial charge is 0.348 e. The van der Waals surface area contributed by atoms with E-state index in [1.54, 1.807) is 24.3 Å². The Morgan fingerprint density at radius 1 is 1.04 bits per heavy atom. The van der Waals surface area contributed by atoms with E-state index in [-0.39, 0.29) is 5.57 Å². The van der Waals surface area contributed by atoms with Crippen LogP contribution in [0.5, 0.6) is 5.75 Å². The summed E-state index contributed by atoms with van der Waals surface area (Å²) in [6.07, 6.45) is 5.54. The minimum atomic E-state index is -1.04. The van der Waals surface area contributed by atoms with Crippen molar-refractivity contribution in [3.05, 3.63) is 35.4 Å². The highest BCUT2D eigenvalue weighted by atomic mass is 16.7. The molecule has 0 atom stereocenters. The van der Waals surface area contributed by atoms with Crippen LogP contribution in [0.15, 0.2) is 29.8 Å². The van der Waals surface area contributed by atoms with Gasteiger partial charge in [-0.2, -0.15) is 0 Å². The number of hydrogen-bond donors (Lipinski definition) is 0. The highest BCUT2D eigenvalue weighted by Crippen LogP contribution is 2.37. The predicted molar refractivity (Wildman–Crippen MR) is 83.6 cm³/mol. The van der Waals surface area contributed by atoms with Crippen molar-refractivity contribution in [2.24, 2.45) is 0 Å². The zero-order valence-electron chi connectivity index (χ0n) is 13.2. The zero-order chi connectivity index (χ0) is 16.3. The standard InChI is InChI=1S/C18H20O5/c1-2-21-14-8-6-13(7-9-14)12-15-16(19)22-18(23-17(15)20)10-4-3-5-11-18/h6-9,12H,2-5,10-11H2,1H3. The molecule has 2 fully saturated rings. The molecule has 1 heterocycles. The monoisotopic (exact) mass is 316 g/mol. The van der Waals surface area contributed by atoms with E-state index in [0.717, 1.165) is 30.6 Å². The molecular weight excluding hydrogens is 296 g/mol. The minimum absolute atomic E-state index is 0.0645. The first kappa shape index (κ1) is 15.6. The second-order valence-electron chi connectivity index (χ2n) is 5.81. The Labute approximate surface area is 135 Å². The number of ether oxygens (including phenoxy) is 3. The van der Waals surface area contributed by atoms with Gasteiger partial charge in [-0.05, 0) is 43.5 Å². The Bertz CT molecular complexity index is 601. The first-order chi connectivity index (χ1) is 11.1. The number of benzene rings is 1. The highest BCUT2D eigenvalue weighted by molar-refractivity contribution is 6.18. The minimum Gasteiger partial charge on any atom is -0.494 e. The van der Waals surface area contributed by atoms with Crippen LogP contribution in [-0.2, 0) is 19.1 Å². The molecule has 2 aliphatic rings. The molecule has 1 saturated carbocycles. The maximum atomic E-state index is 12.2. The molecule has 122 valence electrons. The summed E-state index contributed by atoms with van der Waals surface area (Å²) in [6, 6.07) is 7.14. The van der Waals surface area contributed by atoms with Gasteiger partial charge in [-0.25, -0.2) is 9.59 Å². The molecule has 0 amide bonds. The van der Waals surface area contributed by atoms with Gasteiger partial charge >= 0.3 is 11.9 Å². The van der Waals surface area contributed by atoms with Crippen molar-refractivity contribution in [2.45, 2.75) is 44.8 Å². The molecule has 3 rings (SSSR count). The van der Waals surface area contributed by atoms with E-state index < -0.39 is 17.7 Å². The summed E-state index contributed by atoms with van der Waals surface area (Å²) in [4.78, 5) is 24.5. The van der Waals surface area contributed by atoms with Crippen LogP contribution < -0.4 is 4.74 Å². The van der Waals surface area contributed by atoms with E-state index in [4.69, 9.17) is 14.2 Å². The normalized spacial score (nSPS) is 20.0. The largest absolute Gasteiger partial charge is 0.494 e. The lowest BCUT2D eigenvalue weighted by Gasteiger charge is -2.38. The zero-order valence-corrected chi connectivity index (χ0v) is 13.2. The lowest BCUT2D eigenvalue weighted by molar-refractivity contribution is -0.244. The molecule has 0 radical (unpaired) electrons. The van der Waals surface area contributed by atoms with Gasteiger partial charge in [0, 0.05) is 12.8 Å². The molecule has 23 heavy (non-hydrogen) atoms. The maximum absolute atomic E-state index is 12.2. The fourth-order valence-electron chi connectivity index (χ4n) is 2.96. The van der Waals surface area contributed by atoms with Gasteiger partial charge in [0.05, 0.1) is 6.61 Å². The number of hydrogen-bond acceptors (Lipinski definition) is 5. The fraction of sp³-hybridized carbons (Fsp3) is 0.444. The molecule has 1 aromatic rings. The molecule has 0 aromatic heterocycles. The van der Waals surface area contributed by atoms with E-state index in [9.17, 15) is 9.59 Å². The lowest BCUT2D eigenvalue weighted by atomic mass is 9.93. The van der Waals surface area contributed by atoms with Crippen LogP contribution in [0, 0.1) is 0 Å². The third-order valence-electron chi connectivity index (χ3n) is 4.11. The molecule has 1 aliphatic carbocycles. The molecule has 1 aromatic carbocycles. The Morgan fingerprint density at radius 2 is 1.65 bits per heavy atom. The Balaban J connectivity index is 1.77. The second kappa shape index (κ2) is 6.44. The average Bonchev–Trinajstić information content (AvgIpc) is 2.53. The summed E-state index contributed by atoms with van der Waals surface area (Å²) < 4.78 is 16.3. The molecule has 0 unspecified atom stereocenters. The van der Waals surface area contributed by atoms with Crippen molar-refractivity contribution < 1.29 is 23.8 Å². The SMILES string of the molecule is CCOc1ccc(C=C2C(=O)OC3(CCCCC3)OC2=O)cc1. The number of rotatable bonds is 3. The Morgan fingerprint density at radius 3 is 2.22 bits per heavy atom. The van der Waals surface area contributed by atoms with E-state index in [1.807, 2.05) is 6.92 Å². The highest BCUT2D eigenvalue weighted by Gasteiger charge is 2.46. The van der Waals surface area contributed by atoms with Crippen LogP contribution in [0.4, 0.5) is 0 Å². The number of carbonyl (C=O) groups is 2. The maximum Gasteiger partial charge on any atom is 0.348 e. The van der Waals surface area contributed by atoms with Crippen molar-refractivity contribution in [1.29, 1.82) is 0 Å². The first-order valence-corrected chi connectivity index (χ1v) is 8.03. The Kier molecular flexibility index (Phi) is 4.37. The molecule has 1 spiro atoms. The molecule has 5 nitrogen and oxygen atoms in total. The van der Waals surface area contributed by atoms with Crippen molar-refractivity contribution in [2.75, 3.05) is 6.61 Å². The summed E-state index contributed by atoms with van der Waals surface area (Å²) in [6.45, 7) is 2.49. The third-order valence-corrected chi connectivity index (χ3v) is 4.11. The second-order valence-corrected chi connectivity index (χ2v) is 5.81. The van der Waals surface area contributed by atoms with Gasteiger partial charge in [0.1, 0.15) is 11.3 Å². The van der Waals surface area contributed by atoms with Gasteiger partial charge in [-0.1, -0.05) is 18.6 Å². The van der Waals surface area contributed by atoms with E-state index in [1.165, 1.54) is 6.08 Å². The predicted octanol–water partition coefficient (Wildman–Crippen LogP) is 3.23. The van der Waals surface area contributed by atoms with Gasteiger partial charge < -0.3 is 14.2 Å². The van der Waals surface area contributed by atoms with Gasteiger partial charge in [0.2, 0.25) is 0 Å². The van der Waals surface area contributed by atoms with Gasteiger partial charge in [0.15, 0.2) is 0 Å². The first-order valence-electron chi connectivity index (χ1n) is 8.03. The van der Waals surface area contributed by atoms with E-state index in [2.05, 4.69) is 0 Å². The molecule has 5 heteroatoms. The Hall–Kier alpha value is -2.30. The summed E-state index contributed by atoms with van der Waals surface area (Å²) in [5.74, 6) is -1.50. The molecular formula is C18H20O5. The van der Waals surface area contributed by atoms with Crippen LogP contribution in [0.25, 0.3) is 6.08 Å². The number of carbonyl (C=O) groups excluding carboxylic acids is 2. The van der Waals surface area contributed by atoms with Crippen molar-refractivity contribution in [3.63, 3.8) is 0 Å². The van der Waals surface area contributed by atoms with Crippen LogP contribution in [0.1, 0.15) is 44.6 Å². The van der Waals surface area contributed by atoms with Crippen LogP contribution >= 0.6 is 0 Å². The van der Waals surface area contributed by atoms with Crippen molar-refractivity contribution in [1.82, 2.24) is 0 Å². The summed E-state index contributed by atoms with van der Waals surface area (Å²) in [5, 5.41) is 0. The van der Waals surface area contributed by atoms with Gasteiger partial charge in [-0.3, -0.25) is 0 Å². The van der Waals surface area contributed by atoms with E-state index in [0.29, 0.717) is 19.4 Å². The number of esters is 2. The van der Waals surface area contributed by atoms with Crippen molar-refractivity contribution >= 4 is 18.0 Å². The summed E-state index contributed by atoms with van der Waals surface area (Å²) >= 11 is 0.